The molecule has 11 heteroatoms. The van der Waals surface area contributed by atoms with Gasteiger partial charge in [0.1, 0.15) is 5.75 Å². The van der Waals surface area contributed by atoms with Crippen LogP contribution in [0.15, 0.2) is 42.5 Å². The lowest BCUT2D eigenvalue weighted by molar-refractivity contribution is -0.165. The number of fused-ring (bicyclic) bond motifs is 3. The molecule has 1 fully saturated rings. The van der Waals surface area contributed by atoms with Crippen LogP contribution in [0.1, 0.15) is 24.5 Å². The number of hydrogen-bond acceptors (Lipinski definition) is 8. The van der Waals surface area contributed by atoms with E-state index in [9.17, 15) is 14.4 Å². The fourth-order valence-corrected chi connectivity index (χ4v) is 4.84. The second-order valence-electron chi connectivity index (χ2n) is 9.21. The van der Waals surface area contributed by atoms with Crippen LogP contribution in [0.3, 0.4) is 0 Å². The van der Waals surface area contributed by atoms with Crippen LogP contribution in [0, 0.1) is 6.92 Å². The number of anilines is 2. The highest BCUT2D eigenvalue weighted by molar-refractivity contribution is 5.87. The summed E-state index contributed by atoms with van der Waals surface area (Å²) in [5.41, 5.74) is 4.31. The second-order valence-corrected chi connectivity index (χ2v) is 9.21. The zero-order chi connectivity index (χ0) is 26.8. The van der Waals surface area contributed by atoms with Crippen molar-refractivity contribution in [1.82, 2.24) is 4.90 Å². The van der Waals surface area contributed by atoms with Crippen LogP contribution in [0.5, 0.6) is 5.75 Å². The number of aliphatic carboxylic acids is 2. The van der Waals surface area contributed by atoms with E-state index in [2.05, 4.69) is 42.2 Å². The highest BCUT2D eigenvalue weighted by Crippen LogP contribution is 2.51. The number of amides is 1. The predicted molar refractivity (Wildman–Crippen MR) is 131 cm³/mol. The largest absolute Gasteiger partial charge is 0.479 e. The second kappa shape index (κ2) is 10.5. The summed E-state index contributed by atoms with van der Waals surface area (Å²) in [4.78, 5) is 36.6. The molecule has 5 N–H and O–H groups in total. The fourth-order valence-electron chi connectivity index (χ4n) is 4.84. The number of para-hydroxylation sites is 1. The first-order valence-corrected chi connectivity index (χ1v) is 11.3. The molecule has 2 aromatic rings. The van der Waals surface area contributed by atoms with E-state index in [1.807, 2.05) is 43.3 Å². The molecular weight excluding hydrogens is 470 g/mol. The molecule has 36 heavy (non-hydrogen) atoms. The maximum absolute atomic E-state index is 12.3. The van der Waals surface area contributed by atoms with E-state index in [1.165, 1.54) is 11.3 Å². The Morgan fingerprint density at radius 3 is 2.25 bits per heavy atom. The van der Waals surface area contributed by atoms with Gasteiger partial charge in [-0.2, -0.15) is 0 Å². The van der Waals surface area contributed by atoms with Gasteiger partial charge in [-0.3, -0.25) is 10.2 Å². The van der Waals surface area contributed by atoms with E-state index < -0.39 is 30.2 Å². The molecule has 0 saturated carbocycles. The minimum atomic E-state index is -2.27. The monoisotopic (exact) mass is 501 g/mol. The van der Waals surface area contributed by atoms with E-state index in [-0.39, 0.29) is 5.41 Å². The first-order valence-electron chi connectivity index (χ1n) is 11.3. The average molecular weight is 502 g/mol. The Labute approximate surface area is 208 Å². The Balaban J connectivity index is 0.000000308. The number of aliphatic hydroxyl groups excluding tert-OH is 2. The highest BCUT2D eigenvalue weighted by atomic mass is 16.6. The number of likely N-dealkylation sites (N-methyl/N-ethyl adjacent to an activating group) is 2. The van der Waals surface area contributed by atoms with Crippen molar-refractivity contribution in [1.29, 1.82) is 0 Å². The number of hydrogen-bond donors (Lipinski definition) is 5. The molecule has 2 heterocycles. The quantitative estimate of drug-likeness (QED) is 0.409. The normalized spacial score (nSPS) is 21.9. The molecule has 11 nitrogen and oxygen atoms in total. The summed E-state index contributed by atoms with van der Waals surface area (Å²) in [5.74, 6) is -2.95. The molecule has 4 atom stereocenters. The van der Waals surface area contributed by atoms with Crippen molar-refractivity contribution < 1.29 is 39.5 Å². The van der Waals surface area contributed by atoms with Gasteiger partial charge in [-0.1, -0.05) is 25.1 Å². The number of likely N-dealkylation sites (tertiary alicyclic amines) is 1. The van der Waals surface area contributed by atoms with Crippen LogP contribution in [0.4, 0.5) is 16.2 Å². The van der Waals surface area contributed by atoms with Crippen LogP contribution in [0.2, 0.25) is 0 Å². The predicted octanol–water partition coefficient (Wildman–Crippen LogP) is 1.85. The molecular formula is C25H31N3O8. The third-order valence-electron chi connectivity index (χ3n) is 6.70. The van der Waals surface area contributed by atoms with E-state index in [0.29, 0.717) is 11.9 Å². The molecule has 0 radical (unpaired) electrons. The van der Waals surface area contributed by atoms with Gasteiger partial charge in [0.2, 0.25) is 0 Å². The summed E-state index contributed by atoms with van der Waals surface area (Å²) >= 11 is 0. The summed E-state index contributed by atoms with van der Waals surface area (Å²) in [5, 5.41) is 35.3. The number of carbonyl (C=O) groups excluding carboxylic acids is 1. The minimum Gasteiger partial charge on any atom is -0.479 e. The number of carbonyl (C=O) groups is 3. The molecule has 2 aliphatic rings. The summed E-state index contributed by atoms with van der Waals surface area (Å²) in [6.45, 7) is 5.34. The van der Waals surface area contributed by atoms with Gasteiger partial charge in [0.25, 0.3) is 0 Å². The topological polar surface area (TPSA) is 160 Å². The number of aliphatic hydroxyl groups is 2. The summed E-state index contributed by atoms with van der Waals surface area (Å²) in [6, 6.07) is 13.6. The Bertz CT molecular complexity index is 1140. The SMILES string of the molecule is Cc1ccccc1NC(=O)Oc1ccc2c(c1)[C@]1(C)CCN(C)[C@@H]1N2C.O=C(O)[C@H](O)[C@@H](O)C(=O)O. The maximum atomic E-state index is 12.3. The molecule has 4 rings (SSSR count). The van der Waals surface area contributed by atoms with Crippen molar-refractivity contribution in [2.24, 2.45) is 0 Å². The highest BCUT2D eigenvalue weighted by Gasteiger charge is 2.52. The average Bonchev–Trinajstić information content (AvgIpc) is 3.25. The van der Waals surface area contributed by atoms with Crippen molar-refractivity contribution in [2.45, 2.75) is 44.1 Å². The van der Waals surface area contributed by atoms with Gasteiger partial charge in [-0.25, -0.2) is 14.4 Å². The van der Waals surface area contributed by atoms with Crippen LogP contribution in [0.25, 0.3) is 0 Å². The van der Waals surface area contributed by atoms with Crippen LogP contribution in [-0.2, 0) is 15.0 Å². The zero-order valence-electron chi connectivity index (χ0n) is 20.5. The van der Waals surface area contributed by atoms with Crippen LogP contribution in [-0.4, -0.2) is 82.4 Å². The van der Waals surface area contributed by atoms with Gasteiger partial charge in [-0.05, 0) is 55.8 Å². The van der Waals surface area contributed by atoms with E-state index >= 15 is 0 Å². The van der Waals surface area contributed by atoms with Gasteiger partial charge in [-0.15, -0.1) is 0 Å². The molecule has 0 bridgehead atoms. The number of nitrogens with zero attached hydrogens (tertiary/aromatic N) is 2. The first kappa shape index (κ1) is 26.9. The van der Waals surface area contributed by atoms with Gasteiger partial charge in [0.05, 0.1) is 6.17 Å². The van der Waals surface area contributed by atoms with Crippen molar-refractivity contribution in [3.8, 4) is 5.75 Å². The van der Waals surface area contributed by atoms with E-state index in [0.717, 1.165) is 24.2 Å². The Hall–Kier alpha value is -3.67. The van der Waals surface area contributed by atoms with Crippen LogP contribution >= 0.6 is 0 Å². The number of nitrogens with one attached hydrogen (secondary N) is 1. The third kappa shape index (κ3) is 5.27. The Morgan fingerprint density at radius 1 is 1.06 bits per heavy atom. The number of rotatable bonds is 5. The van der Waals surface area contributed by atoms with Gasteiger partial charge in [0.15, 0.2) is 12.2 Å². The van der Waals surface area contributed by atoms with E-state index in [1.54, 1.807) is 0 Å². The summed E-state index contributed by atoms with van der Waals surface area (Å²) in [6.07, 6.45) is -3.54. The Kier molecular flexibility index (Phi) is 7.87. The van der Waals surface area contributed by atoms with Crippen molar-refractivity contribution in [3.63, 3.8) is 0 Å². The lowest BCUT2D eigenvalue weighted by Crippen LogP contribution is -2.45. The fraction of sp³-hybridized carbons (Fsp3) is 0.400. The standard InChI is InChI=1S/C21H25N3O2.C4H6O6/c1-14-7-5-6-8-17(14)22-20(25)26-15-9-10-18-16(13-15)21(2)11-12-23(3)19(21)24(18)4;5-1(3(7)8)2(6)4(9)10/h5-10,13,19H,11-12H2,1-4H3,(H,22,25);1-2,5-6H,(H,7,8)(H,9,10)/t19-,21+;1-,2-/m11/s1. The van der Waals surface area contributed by atoms with E-state index in [4.69, 9.17) is 25.2 Å². The van der Waals surface area contributed by atoms with Gasteiger partial charge in [0, 0.05) is 30.4 Å². The number of benzene rings is 2. The lowest BCUT2D eigenvalue weighted by atomic mass is 9.81. The van der Waals surface area contributed by atoms with Crippen LogP contribution < -0.4 is 15.0 Å². The van der Waals surface area contributed by atoms with Gasteiger partial charge >= 0.3 is 18.0 Å². The molecule has 0 unspecified atom stereocenters. The Morgan fingerprint density at radius 2 is 1.67 bits per heavy atom. The smallest absolute Gasteiger partial charge is 0.417 e. The zero-order valence-corrected chi connectivity index (χ0v) is 20.5. The number of aryl methyl sites for hydroxylation is 1. The summed E-state index contributed by atoms with van der Waals surface area (Å²) < 4.78 is 5.57. The molecule has 0 spiro atoms. The van der Waals surface area contributed by atoms with Crippen molar-refractivity contribution in [2.75, 3.05) is 30.9 Å². The molecule has 194 valence electrons. The molecule has 0 aromatic heterocycles. The first-order chi connectivity index (χ1) is 16.9. The molecule has 0 aliphatic carbocycles. The van der Waals surface area contributed by atoms with Gasteiger partial charge < -0.3 is 30.1 Å². The minimum absolute atomic E-state index is 0.0602. The van der Waals surface area contributed by atoms with Crippen molar-refractivity contribution >= 4 is 29.4 Å². The maximum Gasteiger partial charge on any atom is 0.417 e. The molecule has 1 amide bonds. The number of ether oxygens (including phenoxy) is 1. The lowest BCUT2D eigenvalue weighted by Gasteiger charge is -2.32. The summed E-state index contributed by atoms with van der Waals surface area (Å²) in [7, 11) is 4.31. The number of carboxylic acids is 2. The molecule has 2 aromatic carbocycles. The third-order valence-corrected chi connectivity index (χ3v) is 6.70. The molecule has 2 aliphatic heterocycles. The molecule has 1 saturated heterocycles. The van der Waals surface area contributed by atoms with Crippen molar-refractivity contribution in [3.05, 3.63) is 53.6 Å². The number of carboxylic acid groups (broad SMARTS) is 2.